The number of hydrogen-bond donors (Lipinski definition) is 3. The van der Waals surface area contributed by atoms with Crippen molar-refractivity contribution in [2.45, 2.75) is 329 Å². The quantitative estimate of drug-likeness (QED) is 0.0222. The molecule has 0 aromatic heterocycles. The third kappa shape index (κ3) is 55.3. The molecule has 0 amide bonds. The summed E-state index contributed by atoms with van der Waals surface area (Å²) in [7, 11) is -9.87. The molecule has 19 heteroatoms. The number of ether oxygens (including phenoxy) is 4. The Hall–Kier alpha value is -1.94. The summed E-state index contributed by atoms with van der Waals surface area (Å²) in [6, 6.07) is 0. The standard InChI is InChI=1S/C61H118O17P2/c1-5-9-13-17-21-24-25-26-27-28-29-30-32-36-40-44-48-61(66)78-57(52-72-59(64)46-42-38-35-31-22-18-14-10-6-2)54-76-80(69,70)74-50-55(62)49-73-79(67,68)75-53-56(51-71-58(63)45-41-37-33-20-16-12-8-4)77-60(65)47-43-39-34-23-19-15-11-7-3/h55-57,62H,5-54H2,1-4H3,(H,67,68)(H,69,70)/t55-,56+,57+/m0/s1. The minimum absolute atomic E-state index is 0.105. The summed E-state index contributed by atoms with van der Waals surface area (Å²) in [6.07, 6.45) is 40.5. The number of phosphoric acid groups is 2. The highest BCUT2D eigenvalue weighted by atomic mass is 31.2. The SMILES string of the molecule is CCCCCCCCCCCCCCCCCCC(=O)O[C@H](COC(=O)CCCCCCCCCCC)COP(=O)(O)OC[C@@H](O)COP(=O)(O)OC[C@@H](COC(=O)CCCCCCCCC)OC(=O)CCCCCCCCCC. The van der Waals surface area contributed by atoms with Gasteiger partial charge in [-0.25, -0.2) is 9.13 Å². The zero-order valence-electron chi connectivity index (χ0n) is 51.0. The number of aliphatic hydroxyl groups is 1. The highest BCUT2D eigenvalue weighted by Crippen LogP contribution is 2.45. The first kappa shape index (κ1) is 78.1. The summed E-state index contributed by atoms with van der Waals surface area (Å²) < 4.78 is 67.7. The Kier molecular flexibility index (Phi) is 54.8. The zero-order valence-corrected chi connectivity index (χ0v) is 52.8. The van der Waals surface area contributed by atoms with Crippen LogP contribution in [0, 0.1) is 0 Å². The summed E-state index contributed by atoms with van der Waals surface area (Å²) in [5, 5.41) is 10.5. The van der Waals surface area contributed by atoms with Crippen LogP contribution >= 0.6 is 15.6 Å². The van der Waals surface area contributed by atoms with Crippen LogP contribution in [0.25, 0.3) is 0 Å². The zero-order chi connectivity index (χ0) is 59.1. The second-order valence-electron chi connectivity index (χ2n) is 22.1. The Morgan fingerprint density at radius 1 is 0.300 bits per heavy atom. The molecule has 17 nitrogen and oxygen atoms in total. The van der Waals surface area contributed by atoms with Gasteiger partial charge in [0.05, 0.1) is 26.4 Å². The van der Waals surface area contributed by atoms with E-state index in [2.05, 4.69) is 27.7 Å². The van der Waals surface area contributed by atoms with Gasteiger partial charge in [0.15, 0.2) is 12.2 Å². The normalized spacial score (nSPS) is 14.2. The molecule has 0 heterocycles. The maximum Gasteiger partial charge on any atom is 0.472 e. The lowest BCUT2D eigenvalue weighted by Gasteiger charge is -2.21. The Morgan fingerprint density at radius 2 is 0.500 bits per heavy atom. The smallest absolute Gasteiger partial charge is 0.462 e. The second kappa shape index (κ2) is 56.2. The number of esters is 4. The Balaban J connectivity index is 5.15. The van der Waals surface area contributed by atoms with Crippen LogP contribution in [0.2, 0.25) is 0 Å². The predicted octanol–water partition coefficient (Wildman–Crippen LogP) is 16.8. The van der Waals surface area contributed by atoms with Crippen LogP contribution in [0.15, 0.2) is 0 Å². The fourth-order valence-electron chi connectivity index (χ4n) is 9.10. The van der Waals surface area contributed by atoms with Crippen LogP contribution in [0.4, 0.5) is 0 Å². The molecule has 5 atom stereocenters. The van der Waals surface area contributed by atoms with Gasteiger partial charge in [0.2, 0.25) is 0 Å². The summed E-state index contributed by atoms with van der Waals surface area (Å²) in [5.74, 6) is -2.14. The van der Waals surface area contributed by atoms with Crippen molar-refractivity contribution in [2.75, 3.05) is 39.6 Å². The van der Waals surface area contributed by atoms with Crippen LogP contribution in [0.5, 0.6) is 0 Å². The van der Waals surface area contributed by atoms with Crippen molar-refractivity contribution in [1.82, 2.24) is 0 Å². The molecule has 0 saturated heterocycles. The molecular formula is C61H118O17P2. The van der Waals surface area contributed by atoms with Crippen molar-refractivity contribution < 1.29 is 80.2 Å². The van der Waals surface area contributed by atoms with E-state index >= 15 is 0 Å². The largest absolute Gasteiger partial charge is 0.472 e. The molecular weight excluding hydrogens is 1070 g/mol. The van der Waals surface area contributed by atoms with Crippen LogP contribution in [0.1, 0.15) is 310 Å². The van der Waals surface area contributed by atoms with Crippen LogP contribution in [0.3, 0.4) is 0 Å². The Labute approximate surface area is 486 Å². The number of carbonyl (C=O) groups excluding carboxylic acids is 4. The summed E-state index contributed by atoms with van der Waals surface area (Å²) in [5.41, 5.74) is 0. The van der Waals surface area contributed by atoms with E-state index < -0.39 is 97.5 Å². The van der Waals surface area contributed by atoms with E-state index in [4.69, 9.17) is 37.0 Å². The lowest BCUT2D eigenvalue weighted by atomic mass is 10.0. The van der Waals surface area contributed by atoms with Gasteiger partial charge in [-0.15, -0.1) is 0 Å². The molecule has 0 fully saturated rings. The third-order valence-electron chi connectivity index (χ3n) is 14.1. The van der Waals surface area contributed by atoms with Gasteiger partial charge in [0.25, 0.3) is 0 Å². The molecule has 2 unspecified atom stereocenters. The van der Waals surface area contributed by atoms with Gasteiger partial charge in [-0.3, -0.25) is 37.3 Å². The van der Waals surface area contributed by atoms with Crippen molar-refractivity contribution in [3.63, 3.8) is 0 Å². The molecule has 0 saturated carbocycles. The van der Waals surface area contributed by atoms with Gasteiger partial charge in [0.1, 0.15) is 19.3 Å². The number of carbonyl (C=O) groups is 4. The topological polar surface area (TPSA) is 237 Å². The van der Waals surface area contributed by atoms with Crippen molar-refractivity contribution in [1.29, 1.82) is 0 Å². The van der Waals surface area contributed by atoms with Crippen LogP contribution in [-0.4, -0.2) is 96.7 Å². The average Bonchev–Trinajstić information content (AvgIpc) is 3.43. The number of rotatable bonds is 62. The Bertz CT molecular complexity index is 1550. The maximum absolute atomic E-state index is 12.9. The van der Waals surface area contributed by atoms with E-state index in [-0.39, 0.29) is 25.7 Å². The van der Waals surface area contributed by atoms with Gasteiger partial charge in [-0.05, 0) is 25.7 Å². The third-order valence-corrected chi connectivity index (χ3v) is 16.0. The van der Waals surface area contributed by atoms with E-state index in [1.165, 1.54) is 122 Å². The lowest BCUT2D eigenvalue weighted by Crippen LogP contribution is -2.30. The molecule has 80 heavy (non-hydrogen) atoms. The van der Waals surface area contributed by atoms with Gasteiger partial charge < -0.3 is 33.8 Å². The fourth-order valence-corrected chi connectivity index (χ4v) is 10.7. The Morgan fingerprint density at radius 3 is 0.738 bits per heavy atom. The van der Waals surface area contributed by atoms with Crippen molar-refractivity contribution in [3.8, 4) is 0 Å². The van der Waals surface area contributed by atoms with Crippen molar-refractivity contribution >= 4 is 39.5 Å². The molecule has 0 aliphatic heterocycles. The first-order valence-corrected chi connectivity index (χ1v) is 35.3. The molecule has 3 N–H and O–H groups in total. The van der Waals surface area contributed by atoms with Crippen molar-refractivity contribution in [3.05, 3.63) is 0 Å². The predicted molar refractivity (Wildman–Crippen MR) is 317 cm³/mol. The molecule has 0 aliphatic carbocycles. The number of unbranched alkanes of at least 4 members (excludes halogenated alkanes) is 36. The molecule has 0 aromatic rings. The first-order valence-electron chi connectivity index (χ1n) is 32.3. The summed E-state index contributed by atoms with van der Waals surface area (Å²) >= 11 is 0. The lowest BCUT2D eigenvalue weighted by molar-refractivity contribution is -0.161. The van der Waals surface area contributed by atoms with Gasteiger partial charge in [-0.2, -0.15) is 0 Å². The number of phosphoric ester groups is 2. The van der Waals surface area contributed by atoms with E-state index in [1.807, 2.05) is 0 Å². The van der Waals surface area contributed by atoms with E-state index in [9.17, 15) is 43.2 Å². The van der Waals surface area contributed by atoms with Gasteiger partial charge in [0, 0.05) is 25.7 Å². The molecule has 474 valence electrons. The maximum atomic E-state index is 12.9. The highest BCUT2D eigenvalue weighted by molar-refractivity contribution is 7.47. The van der Waals surface area contributed by atoms with E-state index in [0.29, 0.717) is 25.7 Å². The van der Waals surface area contributed by atoms with E-state index in [0.717, 1.165) is 109 Å². The number of hydrogen-bond acceptors (Lipinski definition) is 15. The molecule has 0 radical (unpaired) electrons. The second-order valence-corrected chi connectivity index (χ2v) is 25.0. The van der Waals surface area contributed by atoms with Crippen molar-refractivity contribution in [2.24, 2.45) is 0 Å². The minimum Gasteiger partial charge on any atom is -0.462 e. The minimum atomic E-state index is -4.94. The highest BCUT2D eigenvalue weighted by Gasteiger charge is 2.30. The monoisotopic (exact) mass is 1180 g/mol. The number of aliphatic hydroxyl groups excluding tert-OH is 1. The molecule has 0 aliphatic rings. The summed E-state index contributed by atoms with van der Waals surface area (Å²) in [6.45, 7) is 4.79. The van der Waals surface area contributed by atoms with E-state index in [1.54, 1.807) is 0 Å². The van der Waals surface area contributed by atoms with Gasteiger partial charge >= 0.3 is 39.5 Å². The van der Waals surface area contributed by atoms with Crippen LogP contribution < -0.4 is 0 Å². The molecule has 0 spiro atoms. The van der Waals surface area contributed by atoms with Gasteiger partial charge in [-0.1, -0.05) is 259 Å². The fraction of sp³-hybridized carbons (Fsp3) is 0.934. The van der Waals surface area contributed by atoms with Crippen LogP contribution in [-0.2, 0) is 65.4 Å². The summed E-state index contributed by atoms with van der Waals surface area (Å²) in [4.78, 5) is 71.8. The molecule has 0 rings (SSSR count). The molecule has 0 bridgehead atoms. The first-order chi connectivity index (χ1) is 38.7. The molecule has 0 aromatic carbocycles. The average molecular weight is 1190 g/mol.